The number of nitrogens with zero attached hydrogens (tertiary/aromatic N) is 1. The first-order valence-electron chi connectivity index (χ1n) is 6.22. The molecule has 2 rings (SSSR count). The van der Waals surface area contributed by atoms with Crippen molar-refractivity contribution >= 4 is 5.97 Å². The molecule has 0 fully saturated rings. The molecule has 5 heteroatoms. The summed E-state index contributed by atoms with van der Waals surface area (Å²) >= 11 is 0. The van der Waals surface area contributed by atoms with Crippen LogP contribution in [0.4, 0.5) is 4.39 Å². The van der Waals surface area contributed by atoms with Gasteiger partial charge in [-0.05, 0) is 37.7 Å². The average molecular weight is 277 g/mol. The summed E-state index contributed by atoms with van der Waals surface area (Å²) in [5.74, 6) is 0.0665. The number of hydrogen-bond acceptors (Lipinski definition) is 3. The van der Waals surface area contributed by atoms with Crippen molar-refractivity contribution in [3.05, 3.63) is 47.5 Å². The Morgan fingerprint density at radius 2 is 2.10 bits per heavy atom. The fraction of sp³-hybridized carbons (Fsp3) is 0.267. The molecule has 0 aliphatic heterocycles. The van der Waals surface area contributed by atoms with E-state index in [2.05, 4.69) is 0 Å². The molecule has 0 aliphatic carbocycles. The lowest BCUT2D eigenvalue weighted by molar-refractivity contribution is -0.138. The van der Waals surface area contributed by atoms with Crippen molar-refractivity contribution in [3.63, 3.8) is 0 Å². The van der Waals surface area contributed by atoms with Crippen LogP contribution in [0, 0.1) is 12.7 Å². The first kappa shape index (κ1) is 14.3. The second kappa shape index (κ2) is 5.88. The highest BCUT2D eigenvalue weighted by atomic mass is 19.1. The Morgan fingerprint density at radius 1 is 1.35 bits per heavy atom. The van der Waals surface area contributed by atoms with Gasteiger partial charge in [-0.2, -0.15) is 0 Å². The van der Waals surface area contributed by atoms with Gasteiger partial charge in [-0.1, -0.05) is 12.1 Å². The molecular weight excluding hydrogens is 261 g/mol. The number of rotatable bonds is 5. The van der Waals surface area contributed by atoms with Crippen LogP contribution >= 0.6 is 0 Å². The number of carboxylic acid groups (broad SMARTS) is 1. The molecule has 0 saturated heterocycles. The highest BCUT2D eigenvalue weighted by molar-refractivity contribution is 5.69. The lowest BCUT2D eigenvalue weighted by atomic mass is 10.1. The summed E-state index contributed by atoms with van der Waals surface area (Å²) in [4.78, 5) is 12.2. The maximum Gasteiger partial charge on any atom is 0.317 e. The summed E-state index contributed by atoms with van der Waals surface area (Å²) < 4.78 is 19.2. The van der Waals surface area contributed by atoms with Crippen LogP contribution < -0.4 is 0 Å². The quantitative estimate of drug-likeness (QED) is 0.913. The second-order valence-corrected chi connectivity index (χ2v) is 4.74. The zero-order valence-electron chi connectivity index (χ0n) is 11.4. The molecule has 1 N–H and O–H groups in total. The zero-order chi connectivity index (χ0) is 14.7. The highest BCUT2D eigenvalue weighted by Crippen LogP contribution is 2.27. The molecule has 1 aromatic carbocycles. The van der Waals surface area contributed by atoms with Crippen LogP contribution in [0.2, 0.25) is 0 Å². The number of hydrogen-bond donors (Lipinski definition) is 1. The van der Waals surface area contributed by atoms with Crippen molar-refractivity contribution in [2.24, 2.45) is 0 Å². The largest absolute Gasteiger partial charge is 0.480 e. The first-order valence-corrected chi connectivity index (χ1v) is 6.22. The smallest absolute Gasteiger partial charge is 0.317 e. The lowest BCUT2D eigenvalue weighted by Crippen LogP contribution is -2.24. The van der Waals surface area contributed by atoms with Crippen molar-refractivity contribution in [1.29, 1.82) is 0 Å². The minimum Gasteiger partial charge on any atom is -0.480 e. The third kappa shape index (κ3) is 3.24. The maximum absolute atomic E-state index is 13.5. The number of carboxylic acids is 1. The van der Waals surface area contributed by atoms with Crippen molar-refractivity contribution < 1.29 is 18.7 Å². The Labute approximate surface area is 116 Å². The van der Waals surface area contributed by atoms with E-state index in [0.717, 1.165) is 0 Å². The minimum absolute atomic E-state index is 0.0605. The summed E-state index contributed by atoms with van der Waals surface area (Å²) in [7, 11) is 1.70. The fourth-order valence-electron chi connectivity index (χ4n) is 2.03. The van der Waals surface area contributed by atoms with E-state index in [4.69, 9.17) is 9.52 Å². The van der Waals surface area contributed by atoms with Crippen LogP contribution in [0.15, 0.2) is 34.7 Å². The van der Waals surface area contributed by atoms with Crippen LogP contribution in [0.5, 0.6) is 0 Å². The van der Waals surface area contributed by atoms with Gasteiger partial charge >= 0.3 is 5.97 Å². The third-order valence-electron chi connectivity index (χ3n) is 3.03. The van der Waals surface area contributed by atoms with Crippen molar-refractivity contribution in [2.45, 2.75) is 13.5 Å². The summed E-state index contributed by atoms with van der Waals surface area (Å²) in [5.41, 5.74) is 1.24. The number of aliphatic carboxylic acids is 1. The summed E-state index contributed by atoms with van der Waals surface area (Å²) in [6.45, 7) is 2.03. The first-order chi connectivity index (χ1) is 9.47. The molecule has 0 radical (unpaired) electrons. The number of likely N-dealkylation sites (N-methyl/N-ethyl adjacent to an activating group) is 1. The van der Waals surface area contributed by atoms with E-state index in [1.807, 2.05) is 0 Å². The van der Waals surface area contributed by atoms with Crippen LogP contribution in [-0.2, 0) is 11.3 Å². The summed E-state index contributed by atoms with van der Waals surface area (Å²) in [6, 6.07) is 8.38. The number of halogens is 1. The van der Waals surface area contributed by atoms with Crippen molar-refractivity contribution in [1.82, 2.24) is 4.90 Å². The van der Waals surface area contributed by atoms with Gasteiger partial charge in [0.2, 0.25) is 0 Å². The molecule has 106 valence electrons. The number of furan rings is 1. The van der Waals surface area contributed by atoms with Crippen LogP contribution in [0.25, 0.3) is 11.3 Å². The van der Waals surface area contributed by atoms with Crippen LogP contribution in [0.3, 0.4) is 0 Å². The monoisotopic (exact) mass is 277 g/mol. The van der Waals surface area contributed by atoms with Gasteiger partial charge in [-0.15, -0.1) is 0 Å². The van der Waals surface area contributed by atoms with E-state index in [-0.39, 0.29) is 12.4 Å². The van der Waals surface area contributed by atoms with Crippen LogP contribution in [-0.4, -0.2) is 29.6 Å². The van der Waals surface area contributed by atoms with E-state index in [0.29, 0.717) is 29.2 Å². The van der Waals surface area contributed by atoms with E-state index in [9.17, 15) is 9.18 Å². The lowest BCUT2D eigenvalue weighted by Gasteiger charge is -2.11. The van der Waals surface area contributed by atoms with E-state index in [1.165, 1.54) is 6.07 Å². The molecule has 0 aliphatic rings. The molecule has 4 nitrogen and oxygen atoms in total. The Balaban J connectivity index is 2.17. The maximum atomic E-state index is 13.5. The molecule has 0 unspecified atom stereocenters. The molecule has 2 aromatic rings. The molecule has 0 atom stereocenters. The Bertz CT molecular complexity index is 621. The minimum atomic E-state index is -0.889. The molecule has 0 saturated carbocycles. The molecular formula is C15H16FNO3. The van der Waals surface area contributed by atoms with Gasteiger partial charge < -0.3 is 9.52 Å². The number of carbonyl (C=O) groups is 1. The Kier molecular flexibility index (Phi) is 4.20. The van der Waals surface area contributed by atoms with E-state index in [1.54, 1.807) is 43.1 Å². The van der Waals surface area contributed by atoms with Gasteiger partial charge in [0.15, 0.2) is 0 Å². The van der Waals surface area contributed by atoms with Gasteiger partial charge in [0.05, 0.1) is 13.1 Å². The molecule has 1 heterocycles. The molecule has 1 aromatic heterocycles. The highest BCUT2D eigenvalue weighted by Gasteiger charge is 2.12. The Morgan fingerprint density at radius 3 is 2.80 bits per heavy atom. The molecule has 0 spiro atoms. The summed E-state index contributed by atoms with van der Waals surface area (Å²) in [5, 5.41) is 8.70. The number of benzene rings is 1. The van der Waals surface area contributed by atoms with E-state index >= 15 is 0 Å². The standard InChI is InChI=1S/C15H16FNO3/c1-10-12(4-3-5-13(10)16)14-7-6-11(20-14)8-17(2)9-15(18)19/h3-7H,8-9H2,1-2H3,(H,18,19). The molecule has 0 bridgehead atoms. The van der Waals surface area contributed by atoms with Gasteiger partial charge in [0.1, 0.15) is 17.3 Å². The van der Waals surface area contributed by atoms with Gasteiger partial charge in [0, 0.05) is 5.56 Å². The van der Waals surface area contributed by atoms with Crippen molar-refractivity contribution in [2.75, 3.05) is 13.6 Å². The predicted octanol–water partition coefficient (Wildman–Crippen LogP) is 2.91. The molecule has 0 amide bonds. The third-order valence-corrected chi connectivity index (χ3v) is 3.03. The van der Waals surface area contributed by atoms with Crippen molar-refractivity contribution in [3.8, 4) is 11.3 Å². The SMILES string of the molecule is Cc1c(F)cccc1-c1ccc(CN(C)CC(=O)O)o1. The predicted molar refractivity (Wildman–Crippen MR) is 72.8 cm³/mol. The molecule has 20 heavy (non-hydrogen) atoms. The topological polar surface area (TPSA) is 53.7 Å². The Hall–Kier alpha value is -2.14. The van der Waals surface area contributed by atoms with E-state index < -0.39 is 5.97 Å². The second-order valence-electron chi connectivity index (χ2n) is 4.74. The van der Waals surface area contributed by atoms with Gasteiger partial charge in [-0.25, -0.2) is 4.39 Å². The average Bonchev–Trinajstić information content (AvgIpc) is 2.79. The fourth-order valence-corrected chi connectivity index (χ4v) is 2.03. The van der Waals surface area contributed by atoms with Gasteiger partial charge in [0.25, 0.3) is 0 Å². The zero-order valence-corrected chi connectivity index (χ0v) is 11.4. The van der Waals surface area contributed by atoms with Gasteiger partial charge in [-0.3, -0.25) is 9.69 Å². The normalized spacial score (nSPS) is 11.0. The van der Waals surface area contributed by atoms with Crippen LogP contribution in [0.1, 0.15) is 11.3 Å². The summed E-state index contributed by atoms with van der Waals surface area (Å²) in [6.07, 6.45) is 0.